The Kier molecular flexibility index (Phi) is 5.79. The third-order valence-corrected chi connectivity index (χ3v) is 5.33. The molecule has 21 heavy (non-hydrogen) atoms. The molecule has 1 aromatic rings. The molecule has 1 aromatic heterocycles. The largest absolute Gasteiger partial charge is 0.481 e. The minimum Gasteiger partial charge on any atom is -0.481 e. The topological polar surface area (TPSA) is 66.4 Å². The second-order valence-electron chi connectivity index (χ2n) is 5.79. The highest BCUT2D eigenvalue weighted by atomic mass is 32.1. The van der Waals surface area contributed by atoms with E-state index in [1.807, 2.05) is 24.4 Å². The minimum atomic E-state index is -0.786. The van der Waals surface area contributed by atoms with Crippen molar-refractivity contribution < 1.29 is 14.7 Å². The summed E-state index contributed by atoms with van der Waals surface area (Å²) in [6.07, 6.45) is 5.56. The predicted molar refractivity (Wildman–Crippen MR) is 83.5 cm³/mol. The van der Waals surface area contributed by atoms with Gasteiger partial charge in [0.15, 0.2) is 0 Å². The van der Waals surface area contributed by atoms with Crippen molar-refractivity contribution in [1.29, 1.82) is 0 Å². The zero-order valence-electron chi connectivity index (χ0n) is 12.4. The molecule has 3 atom stereocenters. The van der Waals surface area contributed by atoms with Crippen molar-refractivity contribution >= 4 is 23.2 Å². The van der Waals surface area contributed by atoms with E-state index < -0.39 is 11.9 Å². The molecule has 1 aliphatic rings. The SMILES string of the molecule is CC(C(=O)NC1CCCCCCC1C(=O)O)c1cccs1. The highest BCUT2D eigenvalue weighted by Crippen LogP contribution is 2.25. The van der Waals surface area contributed by atoms with Gasteiger partial charge in [-0.3, -0.25) is 9.59 Å². The van der Waals surface area contributed by atoms with Crippen LogP contribution in [0, 0.1) is 5.92 Å². The van der Waals surface area contributed by atoms with Crippen LogP contribution < -0.4 is 5.32 Å². The predicted octanol–water partition coefficient (Wildman–Crippen LogP) is 3.39. The van der Waals surface area contributed by atoms with E-state index in [0.717, 1.165) is 37.0 Å². The molecule has 0 aromatic carbocycles. The summed E-state index contributed by atoms with van der Waals surface area (Å²) in [4.78, 5) is 24.9. The van der Waals surface area contributed by atoms with Crippen LogP contribution in [0.15, 0.2) is 17.5 Å². The lowest BCUT2D eigenvalue weighted by atomic mass is 9.86. The number of rotatable bonds is 4. The number of hydrogen-bond acceptors (Lipinski definition) is 3. The van der Waals surface area contributed by atoms with Crippen molar-refractivity contribution in [3.8, 4) is 0 Å². The summed E-state index contributed by atoms with van der Waals surface area (Å²) in [6, 6.07) is 3.64. The molecule has 1 fully saturated rings. The van der Waals surface area contributed by atoms with Gasteiger partial charge in [0.25, 0.3) is 0 Å². The average Bonchev–Trinajstić information content (AvgIpc) is 2.94. The number of hydrogen-bond donors (Lipinski definition) is 2. The van der Waals surface area contributed by atoms with Crippen molar-refractivity contribution in [2.24, 2.45) is 5.92 Å². The third kappa shape index (κ3) is 4.30. The van der Waals surface area contributed by atoms with Crippen LogP contribution in [-0.4, -0.2) is 23.0 Å². The molecule has 0 bridgehead atoms. The summed E-state index contributed by atoms with van der Waals surface area (Å²) in [6.45, 7) is 1.87. The maximum Gasteiger partial charge on any atom is 0.308 e. The number of aliphatic carboxylic acids is 1. The van der Waals surface area contributed by atoms with Gasteiger partial charge in [-0.05, 0) is 31.2 Å². The van der Waals surface area contributed by atoms with E-state index in [-0.39, 0.29) is 17.9 Å². The quantitative estimate of drug-likeness (QED) is 0.896. The first kappa shape index (κ1) is 16.0. The van der Waals surface area contributed by atoms with Crippen molar-refractivity contribution in [2.75, 3.05) is 0 Å². The number of carboxylic acids is 1. The molecule has 5 heteroatoms. The highest BCUT2D eigenvalue weighted by Gasteiger charge is 2.31. The smallest absolute Gasteiger partial charge is 0.308 e. The summed E-state index contributed by atoms with van der Waals surface area (Å²) < 4.78 is 0. The lowest BCUT2D eigenvalue weighted by molar-refractivity contribution is -0.143. The molecule has 0 spiro atoms. The molecule has 3 unspecified atom stereocenters. The number of carbonyl (C=O) groups excluding carboxylic acids is 1. The van der Waals surface area contributed by atoms with Gasteiger partial charge in [-0.1, -0.05) is 31.7 Å². The summed E-state index contributed by atoms with van der Waals surface area (Å²) in [7, 11) is 0. The van der Waals surface area contributed by atoms with Crippen molar-refractivity contribution in [3.05, 3.63) is 22.4 Å². The van der Waals surface area contributed by atoms with E-state index in [9.17, 15) is 14.7 Å². The lowest BCUT2D eigenvalue weighted by Gasteiger charge is -2.28. The number of carboxylic acid groups (broad SMARTS) is 1. The zero-order chi connectivity index (χ0) is 15.2. The molecule has 1 aliphatic carbocycles. The Hall–Kier alpha value is -1.36. The Morgan fingerprint density at radius 3 is 2.62 bits per heavy atom. The van der Waals surface area contributed by atoms with E-state index in [0.29, 0.717) is 6.42 Å². The van der Waals surface area contributed by atoms with Gasteiger partial charge in [-0.2, -0.15) is 0 Å². The van der Waals surface area contributed by atoms with Gasteiger partial charge in [0.05, 0.1) is 11.8 Å². The molecule has 116 valence electrons. The molecule has 4 nitrogen and oxygen atoms in total. The van der Waals surface area contributed by atoms with Crippen molar-refractivity contribution in [1.82, 2.24) is 5.32 Å². The fourth-order valence-corrected chi connectivity index (χ4v) is 3.71. The fourth-order valence-electron chi connectivity index (χ4n) is 2.93. The van der Waals surface area contributed by atoms with Crippen LogP contribution in [0.2, 0.25) is 0 Å². The lowest BCUT2D eigenvalue weighted by Crippen LogP contribution is -2.45. The van der Waals surface area contributed by atoms with Gasteiger partial charge in [-0.15, -0.1) is 11.3 Å². The Morgan fingerprint density at radius 1 is 1.29 bits per heavy atom. The van der Waals surface area contributed by atoms with Gasteiger partial charge in [0.2, 0.25) is 5.91 Å². The number of amides is 1. The van der Waals surface area contributed by atoms with E-state index >= 15 is 0 Å². The van der Waals surface area contributed by atoms with Crippen LogP contribution in [0.25, 0.3) is 0 Å². The van der Waals surface area contributed by atoms with Gasteiger partial charge >= 0.3 is 5.97 Å². The van der Waals surface area contributed by atoms with Crippen LogP contribution in [0.4, 0.5) is 0 Å². The Morgan fingerprint density at radius 2 is 2.00 bits per heavy atom. The standard InChI is InChI=1S/C16H23NO3S/c1-11(14-9-6-10-21-14)15(18)17-13-8-5-3-2-4-7-12(13)16(19)20/h6,9-13H,2-5,7-8H2,1H3,(H,17,18)(H,19,20). The van der Waals surface area contributed by atoms with Crippen LogP contribution in [0.5, 0.6) is 0 Å². The maximum atomic E-state index is 12.4. The average molecular weight is 309 g/mol. The summed E-state index contributed by atoms with van der Waals surface area (Å²) in [5.74, 6) is -1.52. The molecule has 0 saturated heterocycles. The van der Waals surface area contributed by atoms with Gasteiger partial charge in [0.1, 0.15) is 0 Å². The van der Waals surface area contributed by atoms with Crippen LogP contribution in [-0.2, 0) is 9.59 Å². The highest BCUT2D eigenvalue weighted by molar-refractivity contribution is 7.10. The number of thiophene rings is 1. The van der Waals surface area contributed by atoms with Crippen LogP contribution in [0.1, 0.15) is 56.2 Å². The Bertz CT molecular complexity index is 472. The molecule has 2 N–H and O–H groups in total. The second-order valence-corrected chi connectivity index (χ2v) is 6.77. The molecule has 0 aliphatic heterocycles. The number of nitrogens with one attached hydrogen (secondary N) is 1. The minimum absolute atomic E-state index is 0.0609. The van der Waals surface area contributed by atoms with Crippen molar-refractivity contribution in [2.45, 2.75) is 57.4 Å². The van der Waals surface area contributed by atoms with E-state index in [1.165, 1.54) is 0 Å². The van der Waals surface area contributed by atoms with E-state index in [4.69, 9.17) is 0 Å². The Labute approximate surface area is 129 Å². The Balaban J connectivity index is 2.02. The zero-order valence-corrected chi connectivity index (χ0v) is 13.2. The van der Waals surface area contributed by atoms with Crippen molar-refractivity contribution in [3.63, 3.8) is 0 Å². The van der Waals surface area contributed by atoms with E-state index in [1.54, 1.807) is 11.3 Å². The number of carbonyl (C=O) groups is 2. The molecule has 1 heterocycles. The molecular weight excluding hydrogens is 286 g/mol. The van der Waals surface area contributed by atoms with E-state index in [2.05, 4.69) is 5.32 Å². The maximum absolute atomic E-state index is 12.4. The molecule has 0 radical (unpaired) electrons. The van der Waals surface area contributed by atoms with Crippen LogP contribution in [0.3, 0.4) is 0 Å². The van der Waals surface area contributed by atoms with Gasteiger partial charge in [0, 0.05) is 10.9 Å². The van der Waals surface area contributed by atoms with Gasteiger partial charge < -0.3 is 10.4 Å². The summed E-state index contributed by atoms with van der Waals surface area (Å²) in [5.41, 5.74) is 0. The second kappa shape index (κ2) is 7.59. The molecule has 2 rings (SSSR count). The van der Waals surface area contributed by atoms with Crippen LogP contribution >= 0.6 is 11.3 Å². The summed E-state index contributed by atoms with van der Waals surface area (Å²) >= 11 is 1.56. The monoisotopic (exact) mass is 309 g/mol. The molecular formula is C16H23NO3S. The fraction of sp³-hybridized carbons (Fsp3) is 0.625. The molecule has 1 saturated carbocycles. The first-order valence-corrected chi connectivity index (χ1v) is 8.54. The first-order chi connectivity index (χ1) is 10.1. The normalized spacial score (nSPS) is 24.6. The summed E-state index contributed by atoms with van der Waals surface area (Å²) in [5, 5.41) is 14.4. The first-order valence-electron chi connectivity index (χ1n) is 7.66. The molecule has 1 amide bonds. The van der Waals surface area contributed by atoms with Gasteiger partial charge in [-0.25, -0.2) is 0 Å². The third-order valence-electron chi connectivity index (χ3n) is 4.27.